The van der Waals surface area contributed by atoms with Crippen molar-refractivity contribution < 1.29 is 4.74 Å². The maximum Gasteiger partial charge on any atom is 0.124 e. The fourth-order valence-corrected chi connectivity index (χ4v) is 2.91. The molecule has 0 saturated heterocycles. The van der Waals surface area contributed by atoms with Gasteiger partial charge < -0.3 is 10.1 Å². The van der Waals surface area contributed by atoms with Crippen LogP contribution in [-0.4, -0.2) is 12.6 Å². The molecule has 2 heteroatoms. The highest BCUT2D eigenvalue weighted by Gasteiger charge is 2.29. The summed E-state index contributed by atoms with van der Waals surface area (Å²) in [6, 6.07) is 8.06. The van der Waals surface area contributed by atoms with E-state index in [4.69, 9.17) is 4.74 Å². The van der Waals surface area contributed by atoms with Gasteiger partial charge in [-0.3, -0.25) is 0 Å². The topological polar surface area (TPSA) is 21.3 Å². The lowest BCUT2D eigenvalue weighted by Gasteiger charge is -2.26. The van der Waals surface area contributed by atoms with Gasteiger partial charge in [0.2, 0.25) is 0 Å². The number of benzene rings is 1. The number of ether oxygens (including phenoxy) is 1. The van der Waals surface area contributed by atoms with E-state index >= 15 is 0 Å². The Balaban J connectivity index is 1.93. The highest BCUT2D eigenvalue weighted by Crippen LogP contribution is 2.38. The molecule has 1 fully saturated rings. The lowest BCUT2D eigenvalue weighted by molar-refractivity contribution is 0.315. The van der Waals surface area contributed by atoms with E-state index in [9.17, 15) is 0 Å². The van der Waals surface area contributed by atoms with Gasteiger partial charge in [0.25, 0.3) is 0 Å². The molecule has 0 radical (unpaired) electrons. The van der Waals surface area contributed by atoms with Gasteiger partial charge in [0.1, 0.15) is 5.75 Å². The quantitative estimate of drug-likeness (QED) is 0.881. The van der Waals surface area contributed by atoms with Crippen LogP contribution in [0.15, 0.2) is 18.2 Å². The van der Waals surface area contributed by atoms with E-state index in [0.717, 1.165) is 31.2 Å². The second kappa shape index (κ2) is 5.40. The van der Waals surface area contributed by atoms with Crippen LogP contribution < -0.4 is 10.1 Å². The zero-order valence-electron chi connectivity index (χ0n) is 13.0. The van der Waals surface area contributed by atoms with Crippen LogP contribution in [-0.2, 0) is 5.41 Å². The van der Waals surface area contributed by atoms with E-state index in [1.54, 1.807) is 0 Å². The Morgan fingerprint density at radius 3 is 2.75 bits per heavy atom. The summed E-state index contributed by atoms with van der Waals surface area (Å²) in [6.45, 7) is 7.78. The van der Waals surface area contributed by atoms with Crippen LogP contribution in [0.25, 0.3) is 0 Å². The monoisotopic (exact) mass is 273 g/mol. The van der Waals surface area contributed by atoms with Gasteiger partial charge in [-0.2, -0.15) is 0 Å². The van der Waals surface area contributed by atoms with Crippen LogP contribution in [0.3, 0.4) is 0 Å². The number of hydrogen-bond acceptors (Lipinski definition) is 2. The summed E-state index contributed by atoms with van der Waals surface area (Å²) in [5, 5.41) is 3.81. The largest absolute Gasteiger partial charge is 0.493 e. The molecule has 1 aliphatic heterocycles. The van der Waals surface area contributed by atoms with Crippen molar-refractivity contribution in [2.75, 3.05) is 6.61 Å². The molecule has 1 heterocycles. The molecule has 1 aliphatic carbocycles. The molecule has 2 nitrogen and oxygen atoms in total. The van der Waals surface area contributed by atoms with E-state index in [1.807, 2.05) is 0 Å². The SMILES string of the molecule is CCC(C)(C)c1ccc2c(c1)C(NC1CC1)CCCO2. The van der Waals surface area contributed by atoms with Gasteiger partial charge >= 0.3 is 0 Å². The lowest BCUT2D eigenvalue weighted by atomic mass is 9.81. The summed E-state index contributed by atoms with van der Waals surface area (Å²) in [5.41, 5.74) is 3.06. The third-order valence-electron chi connectivity index (χ3n) is 4.96. The average molecular weight is 273 g/mol. The first kappa shape index (κ1) is 13.9. The lowest BCUT2D eigenvalue weighted by Crippen LogP contribution is -2.24. The predicted octanol–water partition coefficient (Wildman–Crippen LogP) is 4.34. The first-order valence-corrected chi connectivity index (χ1v) is 8.13. The van der Waals surface area contributed by atoms with E-state index in [1.165, 1.54) is 30.4 Å². The molecule has 0 amide bonds. The van der Waals surface area contributed by atoms with Crippen LogP contribution in [0.2, 0.25) is 0 Å². The molecule has 0 bridgehead atoms. The van der Waals surface area contributed by atoms with E-state index < -0.39 is 0 Å². The molecule has 3 rings (SSSR count). The molecular weight excluding hydrogens is 246 g/mol. The summed E-state index contributed by atoms with van der Waals surface area (Å²) in [6.07, 6.45) is 6.18. The van der Waals surface area contributed by atoms with Crippen molar-refractivity contribution in [3.05, 3.63) is 29.3 Å². The second-order valence-corrected chi connectivity index (χ2v) is 6.97. The van der Waals surface area contributed by atoms with Crippen LogP contribution >= 0.6 is 0 Å². The molecule has 1 saturated carbocycles. The molecule has 1 N–H and O–H groups in total. The Morgan fingerprint density at radius 1 is 1.25 bits per heavy atom. The molecule has 0 aromatic heterocycles. The molecule has 1 atom stereocenters. The maximum absolute atomic E-state index is 5.94. The highest BCUT2D eigenvalue weighted by atomic mass is 16.5. The zero-order valence-corrected chi connectivity index (χ0v) is 13.0. The molecular formula is C18H27NO. The standard InChI is InChI=1S/C18H27NO/c1-4-18(2,3)13-7-10-17-15(12-13)16(6-5-11-20-17)19-14-8-9-14/h7,10,12,14,16,19H,4-6,8-9,11H2,1-3H3. The van der Waals surface area contributed by atoms with Gasteiger partial charge in [0.15, 0.2) is 0 Å². The predicted molar refractivity (Wildman–Crippen MR) is 83.4 cm³/mol. The van der Waals surface area contributed by atoms with Crippen molar-refractivity contribution in [2.24, 2.45) is 0 Å². The van der Waals surface area contributed by atoms with E-state index in [-0.39, 0.29) is 5.41 Å². The molecule has 1 unspecified atom stereocenters. The minimum absolute atomic E-state index is 0.242. The fourth-order valence-electron chi connectivity index (χ4n) is 2.91. The van der Waals surface area contributed by atoms with Crippen molar-refractivity contribution in [1.29, 1.82) is 0 Å². The normalized spacial score (nSPS) is 22.9. The number of nitrogens with one attached hydrogen (secondary N) is 1. The van der Waals surface area contributed by atoms with Crippen molar-refractivity contribution >= 4 is 0 Å². The smallest absolute Gasteiger partial charge is 0.124 e. The maximum atomic E-state index is 5.94. The van der Waals surface area contributed by atoms with E-state index in [2.05, 4.69) is 44.3 Å². The summed E-state index contributed by atoms with van der Waals surface area (Å²) in [4.78, 5) is 0. The molecule has 0 spiro atoms. The van der Waals surface area contributed by atoms with Gasteiger partial charge in [0, 0.05) is 17.6 Å². The minimum Gasteiger partial charge on any atom is -0.493 e. The summed E-state index contributed by atoms with van der Waals surface area (Å²) in [7, 11) is 0. The van der Waals surface area contributed by atoms with Crippen molar-refractivity contribution in [1.82, 2.24) is 5.32 Å². The van der Waals surface area contributed by atoms with Crippen molar-refractivity contribution in [3.8, 4) is 5.75 Å². The first-order valence-electron chi connectivity index (χ1n) is 8.13. The summed E-state index contributed by atoms with van der Waals surface area (Å²) in [5.74, 6) is 1.09. The Hall–Kier alpha value is -1.02. The number of fused-ring (bicyclic) bond motifs is 1. The molecule has 110 valence electrons. The Bertz CT molecular complexity index is 476. The first-order chi connectivity index (χ1) is 9.60. The fraction of sp³-hybridized carbons (Fsp3) is 0.667. The van der Waals surface area contributed by atoms with Gasteiger partial charge in [-0.15, -0.1) is 0 Å². The second-order valence-electron chi connectivity index (χ2n) is 6.97. The third kappa shape index (κ3) is 2.85. The van der Waals surface area contributed by atoms with Crippen LogP contribution in [0, 0.1) is 0 Å². The van der Waals surface area contributed by atoms with Gasteiger partial charge in [-0.25, -0.2) is 0 Å². The third-order valence-corrected chi connectivity index (χ3v) is 4.96. The average Bonchev–Trinajstić information content (AvgIpc) is 3.27. The van der Waals surface area contributed by atoms with Crippen LogP contribution in [0.1, 0.15) is 70.0 Å². The Kier molecular flexibility index (Phi) is 3.76. The van der Waals surface area contributed by atoms with Gasteiger partial charge in [0.05, 0.1) is 6.61 Å². The highest BCUT2D eigenvalue weighted by molar-refractivity contribution is 5.42. The number of hydrogen-bond donors (Lipinski definition) is 1. The molecule has 1 aromatic carbocycles. The van der Waals surface area contributed by atoms with Gasteiger partial charge in [-0.05, 0) is 55.2 Å². The number of rotatable bonds is 4. The Labute approximate surface area is 122 Å². The minimum atomic E-state index is 0.242. The summed E-state index contributed by atoms with van der Waals surface area (Å²) < 4.78 is 5.94. The molecule has 20 heavy (non-hydrogen) atoms. The van der Waals surface area contributed by atoms with Crippen LogP contribution in [0.4, 0.5) is 0 Å². The van der Waals surface area contributed by atoms with Gasteiger partial charge in [-0.1, -0.05) is 26.8 Å². The molecule has 2 aliphatic rings. The van der Waals surface area contributed by atoms with Crippen LogP contribution in [0.5, 0.6) is 5.75 Å². The van der Waals surface area contributed by atoms with E-state index in [0.29, 0.717) is 6.04 Å². The summed E-state index contributed by atoms with van der Waals surface area (Å²) >= 11 is 0. The van der Waals surface area contributed by atoms with Crippen molar-refractivity contribution in [2.45, 2.75) is 70.4 Å². The van der Waals surface area contributed by atoms with Crippen molar-refractivity contribution in [3.63, 3.8) is 0 Å². The molecule has 1 aromatic rings. The Morgan fingerprint density at radius 2 is 2.05 bits per heavy atom. The zero-order chi connectivity index (χ0) is 14.2.